The summed E-state index contributed by atoms with van der Waals surface area (Å²) in [6, 6.07) is 0. The van der Waals surface area contributed by atoms with Crippen LogP contribution in [0.3, 0.4) is 0 Å². The number of rotatable bonds is 3. The number of carbonyl (C=O) groups is 2. The lowest BCUT2D eigenvalue weighted by atomic mass is 9.97. The summed E-state index contributed by atoms with van der Waals surface area (Å²) in [5.41, 5.74) is 2.19. The van der Waals surface area contributed by atoms with E-state index >= 15 is 0 Å². The van der Waals surface area contributed by atoms with Crippen LogP contribution in [0.1, 0.15) is 41.5 Å². The highest BCUT2D eigenvalue weighted by atomic mass is 16.4. The number of aromatic nitrogens is 2. The summed E-state index contributed by atoms with van der Waals surface area (Å²) in [5.74, 6) is -1.36. The second-order valence-corrected chi connectivity index (χ2v) is 5.29. The van der Waals surface area contributed by atoms with E-state index < -0.39 is 11.9 Å². The molecule has 20 heavy (non-hydrogen) atoms. The quantitative estimate of drug-likeness (QED) is 0.908. The van der Waals surface area contributed by atoms with E-state index in [-0.39, 0.29) is 5.91 Å². The van der Waals surface area contributed by atoms with E-state index in [0.29, 0.717) is 30.8 Å². The molecule has 1 aliphatic heterocycles. The predicted molar refractivity (Wildman–Crippen MR) is 73.6 cm³/mol. The fraction of sp³-hybridized carbons (Fsp3) is 0.643. The number of aryl methyl sites for hydroxylation is 2. The number of carboxylic acid groups (broad SMARTS) is 1. The first-order valence-electron chi connectivity index (χ1n) is 7.01. The van der Waals surface area contributed by atoms with E-state index in [2.05, 4.69) is 5.10 Å². The molecule has 1 atom stereocenters. The Balaban J connectivity index is 2.23. The normalized spacial score (nSPS) is 19.1. The first kappa shape index (κ1) is 14.6. The molecular weight excluding hydrogens is 258 g/mol. The fourth-order valence-corrected chi connectivity index (χ4v) is 2.84. The smallest absolute Gasteiger partial charge is 0.308 e. The zero-order valence-corrected chi connectivity index (χ0v) is 12.2. The third-order valence-corrected chi connectivity index (χ3v) is 3.95. The number of carboxylic acids is 1. The van der Waals surface area contributed by atoms with Gasteiger partial charge in [0.05, 0.1) is 17.2 Å². The van der Waals surface area contributed by atoms with Crippen LogP contribution in [0.25, 0.3) is 0 Å². The SMILES string of the molecule is CCn1nc(C)c(C(=O)N2CCCC(C(=O)O)C2)c1C. The van der Waals surface area contributed by atoms with Crippen molar-refractivity contribution in [3.05, 3.63) is 17.0 Å². The van der Waals surface area contributed by atoms with Crippen molar-refractivity contribution in [1.29, 1.82) is 0 Å². The van der Waals surface area contributed by atoms with Crippen LogP contribution in [0.5, 0.6) is 0 Å². The summed E-state index contributed by atoms with van der Waals surface area (Å²) in [6.45, 7) is 7.33. The van der Waals surface area contributed by atoms with E-state index in [9.17, 15) is 9.59 Å². The van der Waals surface area contributed by atoms with E-state index in [0.717, 1.165) is 18.7 Å². The number of carbonyl (C=O) groups excluding carboxylic acids is 1. The van der Waals surface area contributed by atoms with E-state index in [1.54, 1.807) is 9.58 Å². The van der Waals surface area contributed by atoms with Crippen LogP contribution in [-0.4, -0.2) is 44.8 Å². The van der Waals surface area contributed by atoms with Crippen molar-refractivity contribution >= 4 is 11.9 Å². The van der Waals surface area contributed by atoms with Crippen LogP contribution in [0.2, 0.25) is 0 Å². The van der Waals surface area contributed by atoms with Crippen LogP contribution in [0.15, 0.2) is 0 Å². The molecule has 1 N–H and O–H groups in total. The molecule has 0 saturated carbocycles. The molecule has 1 amide bonds. The van der Waals surface area contributed by atoms with Gasteiger partial charge in [-0.3, -0.25) is 14.3 Å². The van der Waals surface area contributed by atoms with Crippen LogP contribution >= 0.6 is 0 Å². The monoisotopic (exact) mass is 279 g/mol. The summed E-state index contributed by atoms with van der Waals surface area (Å²) in [7, 11) is 0. The summed E-state index contributed by atoms with van der Waals surface area (Å²) in [5, 5.41) is 13.5. The molecule has 1 aromatic heterocycles. The molecule has 0 spiro atoms. The van der Waals surface area contributed by atoms with Gasteiger partial charge in [-0.2, -0.15) is 5.10 Å². The summed E-state index contributed by atoms with van der Waals surface area (Å²) >= 11 is 0. The van der Waals surface area contributed by atoms with Gasteiger partial charge in [-0.05, 0) is 33.6 Å². The molecule has 6 heteroatoms. The van der Waals surface area contributed by atoms with Gasteiger partial charge in [-0.25, -0.2) is 0 Å². The van der Waals surface area contributed by atoms with Gasteiger partial charge in [-0.15, -0.1) is 0 Å². The zero-order chi connectivity index (χ0) is 14.9. The average molecular weight is 279 g/mol. The van der Waals surface area contributed by atoms with E-state index in [4.69, 9.17) is 5.11 Å². The standard InChI is InChI=1S/C14H21N3O3/c1-4-17-10(3)12(9(2)15-17)13(18)16-7-5-6-11(8-16)14(19)20/h11H,4-8H2,1-3H3,(H,19,20). The Morgan fingerprint density at radius 1 is 1.40 bits per heavy atom. The maximum Gasteiger partial charge on any atom is 0.308 e. The molecular formula is C14H21N3O3. The number of hydrogen-bond donors (Lipinski definition) is 1. The molecule has 1 unspecified atom stereocenters. The molecule has 1 fully saturated rings. The first-order chi connectivity index (χ1) is 9.45. The summed E-state index contributed by atoms with van der Waals surface area (Å²) in [4.78, 5) is 25.4. The predicted octanol–water partition coefficient (Wildman–Crippen LogP) is 1.46. The molecule has 1 saturated heterocycles. The second-order valence-electron chi connectivity index (χ2n) is 5.29. The van der Waals surface area contributed by atoms with Crippen LogP contribution in [-0.2, 0) is 11.3 Å². The first-order valence-corrected chi connectivity index (χ1v) is 7.01. The maximum absolute atomic E-state index is 12.6. The average Bonchev–Trinajstić information content (AvgIpc) is 2.72. The molecule has 0 radical (unpaired) electrons. The van der Waals surface area contributed by atoms with E-state index in [1.807, 2.05) is 20.8 Å². The van der Waals surface area contributed by atoms with Crippen molar-refractivity contribution in [1.82, 2.24) is 14.7 Å². The van der Waals surface area contributed by atoms with Gasteiger partial charge in [0.2, 0.25) is 0 Å². The van der Waals surface area contributed by atoms with E-state index in [1.165, 1.54) is 0 Å². The molecule has 1 aromatic rings. The lowest BCUT2D eigenvalue weighted by Gasteiger charge is -2.30. The van der Waals surface area contributed by atoms with Gasteiger partial charge >= 0.3 is 5.97 Å². The Bertz CT molecular complexity index is 536. The highest BCUT2D eigenvalue weighted by Crippen LogP contribution is 2.21. The largest absolute Gasteiger partial charge is 0.481 e. The van der Waals surface area contributed by atoms with Gasteiger partial charge in [0, 0.05) is 25.3 Å². The minimum atomic E-state index is -0.819. The molecule has 2 heterocycles. The van der Waals surface area contributed by atoms with Crippen LogP contribution < -0.4 is 0 Å². The number of hydrogen-bond acceptors (Lipinski definition) is 3. The van der Waals surface area contributed by atoms with Crippen molar-refractivity contribution in [2.24, 2.45) is 5.92 Å². The van der Waals surface area contributed by atoms with Crippen molar-refractivity contribution < 1.29 is 14.7 Å². The van der Waals surface area contributed by atoms with Gasteiger partial charge in [0.1, 0.15) is 0 Å². The number of amides is 1. The number of likely N-dealkylation sites (tertiary alicyclic amines) is 1. The fourth-order valence-electron chi connectivity index (χ4n) is 2.84. The molecule has 1 aliphatic rings. The molecule has 110 valence electrons. The summed E-state index contributed by atoms with van der Waals surface area (Å²) in [6.07, 6.45) is 1.38. The van der Waals surface area contributed by atoms with Crippen molar-refractivity contribution in [2.75, 3.05) is 13.1 Å². The van der Waals surface area contributed by atoms with Crippen LogP contribution in [0.4, 0.5) is 0 Å². The lowest BCUT2D eigenvalue weighted by Crippen LogP contribution is -2.42. The Hall–Kier alpha value is -1.85. The minimum Gasteiger partial charge on any atom is -0.481 e. The van der Waals surface area contributed by atoms with Crippen LogP contribution in [0, 0.1) is 19.8 Å². The lowest BCUT2D eigenvalue weighted by molar-refractivity contribution is -0.143. The molecule has 0 aliphatic carbocycles. The molecule has 0 aromatic carbocycles. The number of piperidine rings is 1. The second kappa shape index (κ2) is 5.64. The van der Waals surface area contributed by atoms with Crippen molar-refractivity contribution in [2.45, 2.75) is 40.2 Å². The number of aliphatic carboxylic acids is 1. The Morgan fingerprint density at radius 3 is 2.65 bits per heavy atom. The zero-order valence-electron chi connectivity index (χ0n) is 12.2. The van der Waals surface area contributed by atoms with Gasteiger partial charge in [-0.1, -0.05) is 0 Å². The van der Waals surface area contributed by atoms with Crippen molar-refractivity contribution in [3.63, 3.8) is 0 Å². The highest BCUT2D eigenvalue weighted by molar-refractivity contribution is 5.96. The molecule has 0 bridgehead atoms. The molecule has 6 nitrogen and oxygen atoms in total. The third-order valence-electron chi connectivity index (χ3n) is 3.95. The topological polar surface area (TPSA) is 75.4 Å². The molecule has 2 rings (SSSR count). The Kier molecular flexibility index (Phi) is 4.11. The van der Waals surface area contributed by atoms with Crippen molar-refractivity contribution in [3.8, 4) is 0 Å². The summed E-state index contributed by atoms with van der Waals surface area (Å²) < 4.78 is 1.81. The van der Waals surface area contributed by atoms with Gasteiger partial charge in [0.15, 0.2) is 0 Å². The van der Waals surface area contributed by atoms with Gasteiger partial charge in [0.25, 0.3) is 5.91 Å². The maximum atomic E-state index is 12.6. The number of nitrogens with zero attached hydrogens (tertiary/aromatic N) is 3. The minimum absolute atomic E-state index is 0.0920. The highest BCUT2D eigenvalue weighted by Gasteiger charge is 2.31. The third kappa shape index (κ3) is 2.55. The Labute approximate surface area is 118 Å². The Morgan fingerprint density at radius 2 is 2.10 bits per heavy atom. The van der Waals surface area contributed by atoms with Gasteiger partial charge < -0.3 is 10.0 Å².